The molecule has 108 valence electrons. The molecule has 0 aromatic heterocycles. The fourth-order valence-corrected chi connectivity index (χ4v) is 4.25. The minimum Gasteiger partial charge on any atom is -0.211 e. The lowest BCUT2D eigenvalue weighted by Crippen LogP contribution is -2.30. The average molecular weight is 313 g/mol. The first-order valence-corrected chi connectivity index (χ1v) is 8.49. The third-order valence-electron chi connectivity index (χ3n) is 3.93. The fourth-order valence-electron chi connectivity index (χ4n) is 2.61. The molecule has 4 nitrogen and oxygen atoms in total. The Morgan fingerprint density at radius 3 is 2.75 bits per heavy atom. The van der Waals surface area contributed by atoms with Gasteiger partial charge in [0.1, 0.15) is 4.90 Å². The van der Waals surface area contributed by atoms with Crippen molar-refractivity contribution in [2.75, 3.05) is 6.54 Å². The predicted octanol–water partition coefficient (Wildman–Crippen LogP) is 2.93. The number of halogens is 1. The molecule has 2 atom stereocenters. The molecule has 1 fully saturated rings. The quantitative estimate of drug-likeness (QED) is 0.929. The van der Waals surface area contributed by atoms with Crippen LogP contribution in [0.5, 0.6) is 0 Å². The van der Waals surface area contributed by atoms with Crippen molar-refractivity contribution in [2.24, 2.45) is 11.8 Å². The Labute approximate surface area is 124 Å². The second-order valence-corrected chi connectivity index (χ2v) is 7.42. The van der Waals surface area contributed by atoms with Gasteiger partial charge in [-0.15, -0.1) is 0 Å². The maximum Gasteiger partial charge on any atom is 0.242 e. The lowest BCUT2D eigenvalue weighted by molar-refractivity contribution is 0.414. The van der Waals surface area contributed by atoms with Crippen LogP contribution in [0, 0.1) is 23.2 Å². The van der Waals surface area contributed by atoms with Crippen LogP contribution in [-0.2, 0) is 10.0 Å². The molecular weight excluding hydrogens is 296 g/mol. The molecule has 0 heterocycles. The summed E-state index contributed by atoms with van der Waals surface area (Å²) < 4.78 is 27.1. The van der Waals surface area contributed by atoms with Crippen LogP contribution in [0.2, 0.25) is 5.02 Å². The first-order chi connectivity index (χ1) is 9.44. The monoisotopic (exact) mass is 312 g/mol. The van der Waals surface area contributed by atoms with Crippen LogP contribution in [0.4, 0.5) is 0 Å². The van der Waals surface area contributed by atoms with E-state index in [-0.39, 0.29) is 9.92 Å². The molecule has 0 radical (unpaired) electrons. The predicted molar refractivity (Wildman–Crippen MR) is 77.9 cm³/mol. The van der Waals surface area contributed by atoms with Gasteiger partial charge in [0.05, 0.1) is 16.7 Å². The minimum atomic E-state index is -3.62. The molecule has 1 saturated carbocycles. The van der Waals surface area contributed by atoms with Crippen LogP contribution in [0.1, 0.15) is 31.7 Å². The van der Waals surface area contributed by atoms with Crippen molar-refractivity contribution in [3.63, 3.8) is 0 Å². The number of sulfonamides is 1. The number of nitriles is 1. The maximum absolute atomic E-state index is 12.2. The zero-order chi connectivity index (χ0) is 14.8. The van der Waals surface area contributed by atoms with E-state index in [1.807, 2.05) is 6.07 Å². The molecule has 6 heteroatoms. The highest BCUT2D eigenvalue weighted by molar-refractivity contribution is 7.89. The highest BCUT2D eigenvalue weighted by Gasteiger charge is 2.26. The van der Waals surface area contributed by atoms with Gasteiger partial charge in [-0.25, -0.2) is 13.1 Å². The van der Waals surface area contributed by atoms with Gasteiger partial charge in [-0.1, -0.05) is 31.4 Å². The summed E-state index contributed by atoms with van der Waals surface area (Å²) >= 11 is 5.95. The molecule has 1 aromatic carbocycles. The summed E-state index contributed by atoms with van der Waals surface area (Å²) in [6.45, 7) is 2.60. The number of hydrogen-bond donors (Lipinski definition) is 1. The van der Waals surface area contributed by atoms with E-state index >= 15 is 0 Å². The molecule has 0 bridgehead atoms. The van der Waals surface area contributed by atoms with Gasteiger partial charge < -0.3 is 0 Å². The molecule has 0 aliphatic heterocycles. The molecule has 0 amide bonds. The Kier molecular flexibility index (Phi) is 4.69. The molecular formula is C14H17ClN2O2S. The second-order valence-electron chi connectivity index (χ2n) is 5.28. The van der Waals surface area contributed by atoms with E-state index in [1.54, 1.807) is 0 Å². The topological polar surface area (TPSA) is 70.0 Å². The lowest BCUT2D eigenvalue weighted by atomic mass is 9.99. The number of rotatable bonds is 4. The number of nitrogens with zero attached hydrogens (tertiary/aromatic N) is 1. The first kappa shape index (κ1) is 15.3. The van der Waals surface area contributed by atoms with Crippen LogP contribution < -0.4 is 4.72 Å². The molecule has 1 N–H and O–H groups in total. The van der Waals surface area contributed by atoms with Crippen molar-refractivity contribution in [1.29, 1.82) is 5.26 Å². The van der Waals surface area contributed by atoms with Crippen LogP contribution in [0.25, 0.3) is 0 Å². The van der Waals surface area contributed by atoms with Gasteiger partial charge in [-0.2, -0.15) is 5.26 Å². The maximum atomic E-state index is 12.2. The van der Waals surface area contributed by atoms with E-state index in [0.29, 0.717) is 23.9 Å². The van der Waals surface area contributed by atoms with Crippen molar-refractivity contribution < 1.29 is 8.42 Å². The minimum absolute atomic E-state index is 0.0313. The van der Waals surface area contributed by atoms with E-state index in [0.717, 1.165) is 19.3 Å². The Balaban J connectivity index is 2.12. The fraction of sp³-hybridized carbons (Fsp3) is 0.500. The summed E-state index contributed by atoms with van der Waals surface area (Å²) in [5, 5.41) is 8.84. The Morgan fingerprint density at radius 2 is 2.20 bits per heavy atom. The van der Waals surface area contributed by atoms with E-state index in [1.165, 1.54) is 18.2 Å². The zero-order valence-corrected chi connectivity index (χ0v) is 12.8. The lowest BCUT2D eigenvalue weighted by Gasteiger charge is -2.16. The molecule has 1 aromatic rings. The van der Waals surface area contributed by atoms with E-state index in [4.69, 9.17) is 16.9 Å². The highest BCUT2D eigenvalue weighted by Crippen LogP contribution is 2.31. The third kappa shape index (κ3) is 3.32. The van der Waals surface area contributed by atoms with Crippen molar-refractivity contribution in [3.8, 4) is 6.07 Å². The molecule has 1 aliphatic carbocycles. The largest absolute Gasteiger partial charge is 0.242 e. The van der Waals surface area contributed by atoms with Crippen LogP contribution in [-0.4, -0.2) is 15.0 Å². The standard InChI is InChI=1S/C14H17ClN2O2S/c1-10-3-2-4-12(10)9-17-20(18,19)14-6-5-11(8-16)7-13(14)15/h5-7,10,12,17H,2-4,9H2,1H3. The van der Waals surface area contributed by atoms with Crippen molar-refractivity contribution in [2.45, 2.75) is 31.1 Å². The van der Waals surface area contributed by atoms with Gasteiger partial charge in [0.2, 0.25) is 10.0 Å². The molecule has 0 spiro atoms. The van der Waals surface area contributed by atoms with E-state index in [2.05, 4.69) is 11.6 Å². The van der Waals surface area contributed by atoms with E-state index in [9.17, 15) is 8.42 Å². The van der Waals surface area contributed by atoms with Gasteiger partial charge in [-0.05, 0) is 36.5 Å². The highest BCUT2D eigenvalue weighted by atomic mass is 35.5. The molecule has 20 heavy (non-hydrogen) atoms. The summed E-state index contributed by atoms with van der Waals surface area (Å²) in [4.78, 5) is 0.0313. The summed E-state index contributed by atoms with van der Waals surface area (Å²) in [6, 6.07) is 6.13. The number of benzene rings is 1. The summed E-state index contributed by atoms with van der Waals surface area (Å²) in [5.74, 6) is 0.941. The van der Waals surface area contributed by atoms with Crippen LogP contribution >= 0.6 is 11.6 Å². The molecule has 0 saturated heterocycles. The van der Waals surface area contributed by atoms with Crippen LogP contribution in [0.15, 0.2) is 23.1 Å². The third-order valence-corrected chi connectivity index (χ3v) is 5.83. The summed E-state index contributed by atoms with van der Waals surface area (Å²) in [6.07, 6.45) is 3.37. The smallest absolute Gasteiger partial charge is 0.211 e. The molecule has 1 aliphatic rings. The Hall–Kier alpha value is -1.09. The number of hydrogen-bond acceptors (Lipinski definition) is 3. The van der Waals surface area contributed by atoms with Gasteiger partial charge in [0.15, 0.2) is 0 Å². The van der Waals surface area contributed by atoms with Gasteiger partial charge in [0, 0.05) is 6.54 Å². The SMILES string of the molecule is CC1CCCC1CNS(=O)(=O)c1ccc(C#N)cc1Cl. The van der Waals surface area contributed by atoms with Crippen molar-refractivity contribution >= 4 is 21.6 Å². The normalized spacial score (nSPS) is 22.6. The van der Waals surface area contributed by atoms with E-state index < -0.39 is 10.0 Å². The first-order valence-electron chi connectivity index (χ1n) is 6.63. The van der Waals surface area contributed by atoms with Gasteiger partial charge in [-0.3, -0.25) is 0 Å². The van der Waals surface area contributed by atoms with Crippen LogP contribution in [0.3, 0.4) is 0 Å². The Bertz CT molecular complexity index is 637. The summed E-state index contributed by atoms with van der Waals surface area (Å²) in [5.41, 5.74) is 0.346. The second kappa shape index (κ2) is 6.13. The Morgan fingerprint density at radius 1 is 1.45 bits per heavy atom. The van der Waals surface area contributed by atoms with Gasteiger partial charge >= 0.3 is 0 Å². The summed E-state index contributed by atoms with van der Waals surface area (Å²) in [7, 11) is -3.62. The number of nitrogens with one attached hydrogen (secondary N) is 1. The average Bonchev–Trinajstić information content (AvgIpc) is 2.81. The van der Waals surface area contributed by atoms with Gasteiger partial charge in [0.25, 0.3) is 0 Å². The van der Waals surface area contributed by atoms with Crippen molar-refractivity contribution in [3.05, 3.63) is 28.8 Å². The molecule has 2 unspecified atom stereocenters. The molecule has 2 rings (SSSR count). The zero-order valence-electron chi connectivity index (χ0n) is 11.3. The van der Waals surface area contributed by atoms with Crippen molar-refractivity contribution in [1.82, 2.24) is 4.72 Å².